The first-order valence-electron chi connectivity index (χ1n) is 5.01. The molecule has 15 heavy (non-hydrogen) atoms. The van der Waals surface area contributed by atoms with E-state index in [4.69, 9.17) is 14.7 Å². The average molecular weight is 203 g/mol. The number of carbonyl (C=O) groups is 1. The molecular formula is C11H9NO3. The summed E-state index contributed by atoms with van der Waals surface area (Å²) < 4.78 is 10.8. The summed E-state index contributed by atoms with van der Waals surface area (Å²) in [6.45, 7) is 0. The summed E-state index contributed by atoms with van der Waals surface area (Å²) in [7, 11) is 0. The van der Waals surface area contributed by atoms with Crippen LogP contribution in [0.15, 0.2) is 23.2 Å². The smallest absolute Gasteiger partial charge is 0.252 e. The zero-order valence-corrected chi connectivity index (χ0v) is 8.03. The lowest BCUT2D eigenvalue weighted by atomic mass is 9.89. The molecule has 0 saturated heterocycles. The monoisotopic (exact) mass is 203 g/mol. The highest BCUT2D eigenvalue weighted by molar-refractivity contribution is 5.98. The molecule has 0 bridgehead atoms. The van der Waals surface area contributed by atoms with Gasteiger partial charge in [-0.15, -0.1) is 0 Å². The summed E-state index contributed by atoms with van der Waals surface area (Å²) in [5.74, 6) is 1.02. The Morgan fingerprint density at radius 1 is 1.40 bits per heavy atom. The second-order valence-electron chi connectivity index (χ2n) is 3.89. The van der Waals surface area contributed by atoms with Crippen LogP contribution in [0.5, 0.6) is 0 Å². The van der Waals surface area contributed by atoms with Crippen LogP contribution >= 0.6 is 0 Å². The first-order chi connectivity index (χ1) is 7.29. The average Bonchev–Trinajstić information content (AvgIpc) is 2.73. The first-order valence-corrected chi connectivity index (χ1v) is 5.01. The molecule has 4 nitrogen and oxygen atoms in total. The van der Waals surface area contributed by atoms with Gasteiger partial charge in [0.2, 0.25) is 0 Å². The minimum atomic E-state index is -0.466. The molecule has 2 atom stereocenters. The molecule has 0 aromatic rings. The number of fused-ring (bicyclic) bond motifs is 2. The topological polar surface area (TPSA) is 59.3 Å². The van der Waals surface area contributed by atoms with E-state index in [9.17, 15) is 4.79 Å². The van der Waals surface area contributed by atoms with Crippen molar-refractivity contribution < 1.29 is 14.3 Å². The Kier molecular flexibility index (Phi) is 1.63. The maximum absolute atomic E-state index is 11.7. The predicted molar refractivity (Wildman–Crippen MR) is 49.0 cm³/mol. The van der Waals surface area contributed by atoms with Gasteiger partial charge in [-0.1, -0.05) is 0 Å². The van der Waals surface area contributed by atoms with Crippen molar-refractivity contribution in [1.29, 1.82) is 5.26 Å². The van der Waals surface area contributed by atoms with Crippen LogP contribution in [0.3, 0.4) is 0 Å². The van der Waals surface area contributed by atoms with E-state index in [0.717, 1.165) is 24.2 Å². The van der Waals surface area contributed by atoms with Gasteiger partial charge in [0.25, 0.3) is 6.29 Å². The Bertz CT molecular complexity index is 441. The molecule has 1 aliphatic carbocycles. The van der Waals surface area contributed by atoms with E-state index in [1.807, 2.05) is 6.07 Å². The van der Waals surface area contributed by atoms with Crippen LogP contribution in [-0.4, -0.2) is 12.1 Å². The molecule has 2 unspecified atom stereocenters. The lowest BCUT2D eigenvalue weighted by molar-refractivity contribution is -0.116. The minimum Gasteiger partial charge on any atom is -0.458 e. The van der Waals surface area contributed by atoms with Crippen LogP contribution in [0.25, 0.3) is 0 Å². The Hall–Kier alpha value is -1.76. The zero-order valence-electron chi connectivity index (χ0n) is 8.03. The molecule has 0 aromatic carbocycles. The quantitative estimate of drug-likeness (QED) is 0.597. The second-order valence-corrected chi connectivity index (χ2v) is 3.89. The van der Waals surface area contributed by atoms with Gasteiger partial charge in [0.15, 0.2) is 11.5 Å². The molecule has 2 aliphatic heterocycles. The molecular weight excluding hydrogens is 194 g/mol. The van der Waals surface area contributed by atoms with E-state index in [1.54, 1.807) is 6.08 Å². The van der Waals surface area contributed by atoms with Crippen LogP contribution < -0.4 is 0 Å². The fourth-order valence-electron chi connectivity index (χ4n) is 2.33. The van der Waals surface area contributed by atoms with E-state index in [-0.39, 0.29) is 17.5 Å². The number of ether oxygens (including phenoxy) is 2. The van der Waals surface area contributed by atoms with Crippen molar-refractivity contribution >= 4 is 5.78 Å². The molecule has 4 heteroatoms. The maximum Gasteiger partial charge on any atom is 0.252 e. The number of nitrogens with zero attached hydrogens (tertiary/aromatic N) is 1. The summed E-state index contributed by atoms with van der Waals surface area (Å²) in [5.41, 5.74) is 0.733. The van der Waals surface area contributed by atoms with E-state index < -0.39 is 6.29 Å². The lowest BCUT2D eigenvalue weighted by Gasteiger charge is -2.12. The third-order valence-corrected chi connectivity index (χ3v) is 2.98. The van der Waals surface area contributed by atoms with E-state index in [1.165, 1.54) is 0 Å². The third-order valence-electron chi connectivity index (χ3n) is 2.98. The van der Waals surface area contributed by atoms with Crippen molar-refractivity contribution in [2.45, 2.75) is 25.6 Å². The molecule has 0 aromatic heterocycles. The summed E-state index contributed by atoms with van der Waals surface area (Å²) in [6, 6.07) is 1.93. The third kappa shape index (κ3) is 1.09. The number of hydrogen-bond donors (Lipinski definition) is 0. The van der Waals surface area contributed by atoms with Crippen LogP contribution in [0.2, 0.25) is 0 Å². The summed E-state index contributed by atoms with van der Waals surface area (Å²) in [5, 5.41) is 8.68. The van der Waals surface area contributed by atoms with Gasteiger partial charge < -0.3 is 9.47 Å². The minimum absolute atomic E-state index is 0.141. The van der Waals surface area contributed by atoms with Crippen molar-refractivity contribution in [3.05, 3.63) is 23.2 Å². The van der Waals surface area contributed by atoms with Gasteiger partial charge in [-0.25, -0.2) is 0 Å². The number of ketones is 1. The Morgan fingerprint density at radius 2 is 2.27 bits per heavy atom. The van der Waals surface area contributed by atoms with Crippen LogP contribution in [0.4, 0.5) is 0 Å². The first kappa shape index (κ1) is 8.54. The molecule has 3 rings (SSSR count). The maximum atomic E-state index is 11.7. The summed E-state index contributed by atoms with van der Waals surface area (Å²) >= 11 is 0. The van der Waals surface area contributed by atoms with Crippen LogP contribution in [0, 0.1) is 17.2 Å². The standard InChI is InChI=1S/C11H9NO3/c12-5-6-4-7-10-8(13)2-1-3-9(10)15-11(7)14-6/h4,7,11H,1-3H2. The normalized spacial score (nSPS) is 32.5. The molecule has 0 N–H and O–H groups in total. The van der Waals surface area contributed by atoms with E-state index in [0.29, 0.717) is 6.42 Å². The fraction of sp³-hybridized carbons (Fsp3) is 0.455. The van der Waals surface area contributed by atoms with Crippen molar-refractivity contribution in [2.24, 2.45) is 5.92 Å². The number of Topliss-reactive ketones (excluding diaryl/α,β-unsaturated/α-hetero) is 1. The highest BCUT2D eigenvalue weighted by atomic mass is 16.7. The van der Waals surface area contributed by atoms with Gasteiger partial charge in [0.05, 0.1) is 5.92 Å². The SMILES string of the molecule is N#CC1=CC2C3=C(CCCC3=O)OC2O1. The molecule has 0 spiro atoms. The van der Waals surface area contributed by atoms with Gasteiger partial charge in [-0.2, -0.15) is 5.26 Å². The Labute approximate surface area is 86.8 Å². The largest absolute Gasteiger partial charge is 0.458 e. The van der Waals surface area contributed by atoms with Gasteiger partial charge in [0, 0.05) is 18.4 Å². The van der Waals surface area contributed by atoms with E-state index >= 15 is 0 Å². The number of nitriles is 1. The fourth-order valence-corrected chi connectivity index (χ4v) is 2.33. The second kappa shape index (κ2) is 2.86. The van der Waals surface area contributed by atoms with Gasteiger partial charge in [-0.3, -0.25) is 4.79 Å². The Morgan fingerprint density at radius 3 is 3.07 bits per heavy atom. The van der Waals surface area contributed by atoms with Crippen LogP contribution in [-0.2, 0) is 14.3 Å². The Balaban J connectivity index is 1.99. The van der Waals surface area contributed by atoms with Gasteiger partial charge in [-0.05, 0) is 12.5 Å². The van der Waals surface area contributed by atoms with Crippen molar-refractivity contribution in [3.8, 4) is 6.07 Å². The van der Waals surface area contributed by atoms with Crippen molar-refractivity contribution in [2.75, 3.05) is 0 Å². The highest BCUT2D eigenvalue weighted by Gasteiger charge is 2.45. The lowest BCUT2D eigenvalue weighted by Crippen LogP contribution is -2.17. The predicted octanol–water partition coefficient (Wildman–Crippen LogP) is 1.40. The number of rotatable bonds is 0. The van der Waals surface area contributed by atoms with Crippen LogP contribution in [0.1, 0.15) is 19.3 Å². The van der Waals surface area contributed by atoms with Crippen molar-refractivity contribution in [1.82, 2.24) is 0 Å². The van der Waals surface area contributed by atoms with E-state index in [2.05, 4.69) is 0 Å². The number of allylic oxidation sites excluding steroid dienone is 2. The van der Waals surface area contributed by atoms with Gasteiger partial charge in [0.1, 0.15) is 11.8 Å². The number of hydrogen-bond acceptors (Lipinski definition) is 4. The molecule has 0 fully saturated rings. The summed E-state index contributed by atoms with van der Waals surface area (Å²) in [6.07, 6.45) is 3.47. The zero-order chi connectivity index (χ0) is 10.4. The molecule has 3 aliphatic rings. The molecule has 76 valence electrons. The molecule has 0 saturated carbocycles. The van der Waals surface area contributed by atoms with Gasteiger partial charge >= 0.3 is 0 Å². The summed E-state index contributed by atoms with van der Waals surface area (Å²) in [4.78, 5) is 11.7. The highest BCUT2D eigenvalue weighted by Crippen LogP contribution is 2.43. The van der Waals surface area contributed by atoms with Crippen molar-refractivity contribution in [3.63, 3.8) is 0 Å². The molecule has 2 heterocycles. The number of carbonyl (C=O) groups excluding carboxylic acids is 1. The molecule has 0 amide bonds. The molecule has 0 radical (unpaired) electrons.